The van der Waals surface area contributed by atoms with E-state index < -0.39 is 52.9 Å². The molecule has 2 aliphatic heterocycles. The van der Waals surface area contributed by atoms with Crippen LogP contribution in [0.2, 0.25) is 0 Å². The SMILES string of the molecule is CC[C@@]1(OC(=O)CC(C)(C)CNC(=O)[C@H](CCCNC(N)=O)NC(=O)C(N)C(C)C)C(=O)OCc2c1cc1n(c2=O)Cc2cc3c(Br)cccc3nc2-1. The maximum atomic E-state index is 13.9. The fraction of sp³-hybridized carbons (Fsp3) is 0.486. The highest BCUT2D eigenvalue weighted by atomic mass is 79.9. The summed E-state index contributed by atoms with van der Waals surface area (Å²) in [5, 5.41) is 8.85. The molecule has 284 valence electrons. The number of pyridine rings is 2. The molecule has 53 heavy (non-hydrogen) atoms. The number of halogens is 1. The van der Waals surface area contributed by atoms with Crippen LogP contribution in [0.3, 0.4) is 0 Å². The molecule has 0 fully saturated rings. The van der Waals surface area contributed by atoms with Crippen molar-refractivity contribution in [1.82, 2.24) is 25.5 Å². The summed E-state index contributed by atoms with van der Waals surface area (Å²) in [6, 6.07) is 6.85. The lowest BCUT2D eigenvalue weighted by atomic mass is 9.84. The van der Waals surface area contributed by atoms with E-state index in [4.69, 9.17) is 25.9 Å². The number of cyclic esters (lactones) is 1. The van der Waals surface area contributed by atoms with Crippen LogP contribution in [0, 0.1) is 11.3 Å². The minimum Gasteiger partial charge on any atom is -0.457 e. The minimum absolute atomic E-state index is 0.0000859. The molecule has 1 unspecified atom stereocenters. The van der Waals surface area contributed by atoms with Gasteiger partial charge in [0, 0.05) is 34.1 Å². The lowest BCUT2D eigenvalue weighted by Gasteiger charge is -2.36. The van der Waals surface area contributed by atoms with Crippen LogP contribution in [0.4, 0.5) is 4.79 Å². The topological polar surface area (TPSA) is 227 Å². The molecular weight excluding hydrogens is 750 g/mol. The van der Waals surface area contributed by atoms with Crippen LogP contribution in [-0.4, -0.2) is 64.5 Å². The summed E-state index contributed by atoms with van der Waals surface area (Å²) in [5.74, 6) is -2.70. The van der Waals surface area contributed by atoms with Crippen molar-refractivity contribution in [1.29, 1.82) is 0 Å². The third-order valence-electron chi connectivity index (χ3n) is 9.74. The normalized spacial score (nSPS) is 17.2. The number of amides is 4. The van der Waals surface area contributed by atoms with Gasteiger partial charge in [0.15, 0.2) is 0 Å². The molecule has 0 bridgehead atoms. The van der Waals surface area contributed by atoms with Crippen molar-refractivity contribution in [2.75, 3.05) is 13.1 Å². The third kappa shape index (κ3) is 8.23. The number of hydrogen-bond acceptors (Lipinski definition) is 10. The Morgan fingerprint density at radius 1 is 1.13 bits per heavy atom. The Kier molecular flexibility index (Phi) is 11.6. The number of esters is 2. The molecule has 0 saturated carbocycles. The summed E-state index contributed by atoms with van der Waals surface area (Å²) in [4.78, 5) is 83.1. The van der Waals surface area contributed by atoms with E-state index >= 15 is 0 Å². The molecular formula is C37H46BrN7O8. The van der Waals surface area contributed by atoms with Crippen molar-refractivity contribution in [3.05, 3.63) is 61.8 Å². The van der Waals surface area contributed by atoms with Gasteiger partial charge in [0.1, 0.15) is 12.6 Å². The lowest BCUT2D eigenvalue weighted by molar-refractivity contribution is -0.190. The van der Waals surface area contributed by atoms with Crippen molar-refractivity contribution in [3.8, 4) is 11.4 Å². The van der Waals surface area contributed by atoms with E-state index in [1.54, 1.807) is 45.3 Å². The summed E-state index contributed by atoms with van der Waals surface area (Å²) < 4.78 is 14.0. The van der Waals surface area contributed by atoms with Crippen molar-refractivity contribution in [2.45, 2.75) is 91.1 Å². The summed E-state index contributed by atoms with van der Waals surface area (Å²) in [6.45, 7) is 8.95. The summed E-state index contributed by atoms with van der Waals surface area (Å²) in [7, 11) is 0. The fourth-order valence-electron chi connectivity index (χ4n) is 6.61. The molecule has 16 heteroatoms. The number of ether oxygens (including phenoxy) is 2. The molecule has 1 aromatic carbocycles. The molecule has 3 atom stereocenters. The van der Waals surface area contributed by atoms with E-state index in [2.05, 4.69) is 31.9 Å². The van der Waals surface area contributed by atoms with Gasteiger partial charge in [-0.05, 0) is 54.9 Å². The van der Waals surface area contributed by atoms with E-state index in [1.165, 1.54) is 0 Å². The van der Waals surface area contributed by atoms with Gasteiger partial charge in [-0.3, -0.25) is 19.2 Å². The molecule has 0 spiro atoms. The molecule has 0 saturated heterocycles. The van der Waals surface area contributed by atoms with E-state index in [0.717, 1.165) is 20.9 Å². The zero-order valence-corrected chi connectivity index (χ0v) is 32.1. The molecule has 0 aliphatic carbocycles. The molecule has 7 N–H and O–H groups in total. The smallest absolute Gasteiger partial charge is 0.355 e. The van der Waals surface area contributed by atoms with Gasteiger partial charge in [0.05, 0.1) is 41.5 Å². The van der Waals surface area contributed by atoms with Gasteiger partial charge >= 0.3 is 18.0 Å². The van der Waals surface area contributed by atoms with Gasteiger partial charge in [-0.25, -0.2) is 14.6 Å². The largest absolute Gasteiger partial charge is 0.457 e. The molecule has 15 nitrogen and oxygen atoms in total. The highest BCUT2D eigenvalue weighted by Gasteiger charge is 2.51. The second-order valence-electron chi connectivity index (χ2n) is 14.7. The molecule has 5 rings (SSSR count). The number of fused-ring (bicyclic) bond motifs is 5. The Morgan fingerprint density at radius 2 is 1.87 bits per heavy atom. The quantitative estimate of drug-likeness (QED) is 0.0927. The number of urea groups is 1. The highest BCUT2D eigenvalue weighted by molar-refractivity contribution is 9.10. The number of hydrogen-bond donors (Lipinski definition) is 5. The Hall–Kier alpha value is -4.83. The second kappa shape index (κ2) is 15.6. The number of rotatable bonds is 14. The first-order valence-corrected chi connectivity index (χ1v) is 18.4. The van der Waals surface area contributed by atoms with Crippen molar-refractivity contribution >= 4 is 56.6 Å². The highest BCUT2D eigenvalue weighted by Crippen LogP contribution is 2.42. The maximum absolute atomic E-state index is 13.9. The van der Waals surface area contributed by atoms with E-state index in [1.807, 2.05) is 24.3 Å². The van der Waals surface area contributed by atoms with Gasteiger partial charge in [-0.1, -0.05) is 56.6 Å². The number of aromatic nitrogens is 2. The first-order chi connectivity index (χ1) is 25.0. The van der Waals surface area contributed by atoms with Crippen molar-refractivity contribution < 1.29 is 33.4 Å². The summed E-state index contributed by atoms with van der Waals surface area (Å²) in [6.07, 6.45) is 0.307. The van der Waals surface area contributed by atoms with Crippen LogP contribution >= 0.6 is 15.9 Å². The molecule has 0 radical (unpaired) electrons. The number of nitrogens with zero attached hydrogens (tertiary/aromatic N) is 2. The van der Waals surface area contributed by atoms with Gasteiger partial charge < -0.3 is 41.5 Å². The Balaban J connectivity index is 1.33. The van der Waals surface area contributed by atoms with Gasteiger partial charge in [-0.2, -0.15) is 0 Å². The van der Waals surface area contributed by atoms with Crippen molar-refractivity contribution in [2.24, 2.45) is 22.8 Å². The summed E-state index contributed by atoms with van der Waals surface area (Å²) >= 11 is 3.57. The minimum atomic E-state index is -1.88. The second-order valence-corrected chi connectivity index (χ2v) is 15.5. The molecule has 4 heterocycles. The standard InChI is InChI=1S/C37H46BrN7O8/c1-6-37(53-28(46)15-36(4,5)18-42-31(47)26(11-8-12-41-35(40)51)44-32(48)29(39)19(2)3)23-14-27-30-20(13-21-24(38)9-7-10-25(21)43-30)16-45(27)33(49)22(23)17-52-34(37)50/h7,9-10,13-14,19,26,29H,6,8,11-12,15-18,39H2,1-5H3,(H,42,47)(H,44,48)(H3,40,41,51)/t26-,29?,37-/m0/s1. The first kappa shape index (κ1) is 39.4. The van der Waals surface area contributed by atoms with Crippen molar-refractivity contribution in [3.63, 3.8) is 0 Å². The number of carbonyl (C=O) groups is 5. The maximum Gasteiger partial charge on any atom is 0.355 e. The molecule has 4 amide bonds. The van der Waals surface area contributed by atoms with Crippen LogP contribution < -0.4 is 33.0 Å². The Labute approximate surface area is 315 Å². The average Bonchev–Trinajstić information content (AvgIpc) is 3.46. The van der Waals surface area contributed by atoms with Crippen LogP contribution in [0.25, 0.3) is 22.3 Å². The van der Waals surface area contributed by atoms with Gasteiger partial charge in [0.2, 0.25) is 17.4 Å². The predicted molar refractivity (Wildman–Crippen MR) is 199 cm³/mol. The number of benzene rings is 1. The zero-order valence-electron chi connectivity index (χ0n) is 30.5. The van der Waals surface area contributed by atoms with E-state index in [0.29, 0.717) is 17.8 Å². The molecule has 2 aromatic heterocycles. The van der Waals surface area contributed by atoms with Crippen LogP contribution in [0.1, 0.15) is 77.0 Å². The first-order valence-electron chi connectivity index (χ1n) is 17.6. The Bertz CT molecular complexity index is 2030. The van der Waals surface area contributed by atoms with Gasteiger partial charge in [-0.15, -0.1) is 0 Å². The van der Waals surface area contributed by atoms with Crippen LogP contribution in [0.15, 0.2) is 39.6 Å². The number of primary amides is 1. The van der Waals surface area contributed by atoms with Crippen LogP contribution in [-0.2, 0) is 47.4 Å². The zero-order chi connectivity index (χ0) is 38.8. The Morgan fingerprint density at radius 3 is 2.55 bits per heavy atom. The number of nitrogens with two attached hydrogens (primary N) is 2. The molecule has 3 aromatic rings. The lowest BCUT2D eigenvalue weighted by Crippen LogP contribution is -2.54. The monoisotopic (exact) mass is 795 g/mol. The van der Waals surface area contributed by atoms with Gasteiger partial charge in [0.25, 0.3) is 5.56 Å². The van der Waals surface area contributed by atoms with Crippen LogP contribution in [0.5, 0.6) is 0 Å². The van der Waals surface area contributed by atoms with E-state index in [9.17, 15) is 28.8 Å². The third-order valence-corrected chi connectivity index (χ3v) is 10.4. The molecule has 2 aliphatic rings. The predicted octanol–water partition coefficient (Wildman–Crippen LogP) is 2.84. The summed E-state index contributed by atoms with van der Waals surface area (Å²) in [5.41, 5.74) is 11.2. The fourth-order valence-corrected chi connectivity index (χ4v) is 7.08. The van der Waals surface area contributed by atoms with E-state index in [-0.39, 0.29) is 68.1 Å². The number of carbonyl (C=O) groups excluding carboxylic acids is 5. The number of nitrogens with one attached hydrogen (secondary N) is 3. The average molecular weight is 797 g/mol.